The molecule has 148 valence electrons. The van der Waals surface area contributed by atoms with E-state index in [0.717, 1.165) is 31.2 Å². The molecule has 2 aromatic rings. The number of aromatic nitrogens is 2. The maximum atomic E-state index is 12.9. The molecule has 6 nitrogen and oxygen atoms in total. The molecular formula is C20H22Cl2N4O2. The third kappa shape index (κ3) is 3.89. The average Bonchev–Trinajstić information content (AvgIpc) is 3.13. The lowest BCUT2D eigenvalue weighted by Gasteiger charge is -2.28. The van der Waals surface area contributed by atoms with Crippen molar-refractivity contribution >= 4 is 35.0 Å². The predicted octanol–water partition coefficient (Wildman–Crippen LogP) is 3.91. The second-order valence-corrected chi connectivity index (χ2v) is 8.19. The number of amides is 2. The second-order valence-electron chi connectivity index (χ2n) is 7.37. The van der Waals surface area contributed by atoms with Gasteiger partial charge < -0.3 is 10.2 Å². The van der Waals surface area contributed by atoms with Crippen LogP contribution in [0.25, 0.3) is 0 Å². The zero-order chi connectivity index (χ0) is 19.7. The van der Waals surface area contributed by atoms with Crippen molar-refractivity contribution in [2.75, 3.05) is 6.54 Å². The van der Waals surface area contributed by atoms with Crippen LogP contribution >= 0.6 is 23.2 Å². The van der Waals surface area contributed by atoms with Crippen molar-refractivity contribution in [2.45, 2.75) is 51.2 Å². The topological polar surface area (TPSA) is 67.2 Å². The number of hydrogen-bond donors (Lipinski definition) is 1. The molecule has 1 aliphatic carbocycles. The van der Waals surface area contributed by atoms with Gasteiger partial charge in [-0.2, -0.15) is 5.10 Å². The number of rotatable bonds is 4. The van der Waals surface area contributed by atoms with Crippen LogP contribution in [0.4, 0.5) is 0 Å². The van der Waals surface area contributed by atoms with Crippen molar-refractivity contribution in [3.05, 3.63) is 51.3 Å². The number of carbonyl (C=O) groups is 2. The lowest BCUT2D eigenvalue weighted by atomic mass is 9.95. The van der Waals surface area contributed by atoms with Crippen LogP contribution in [0.3, 0.4) is 0 Å². The van der Waals surface area contributed by atoms with E-state index in [1.54, 1.807) is 33.8 Å². The van der Waals surface area contributed by atoms with Gasteiger partial charge in [-0.1, -0.05) is 48.5 Å². The first kappa shape index (κ1) is 19.3. The first-order chi connectivity index (χ1) is 13.5. The highest BCUT2D eigenvalue weighted by Crippen LogP contribution is 2.27. The van der Waals surface area contributed by atoms with Gasteiger partial charge in [0.05, 0.1) is 6.54 Å². The van der Waals surface area contributed by atoms with E-state index in [1.165, 1.54) is 6.42 Å². The van der Waals surface area contributed by atoms with Gasteiger partial charge in [-0.3, -0.25) is 14.3 Å². The highest BCUT2D eigenvalue weighted by molar-refractivity contribution is 6.36. The van der Waals surface area contributed by atoms with Gasteiger partial charge in [-0.25, -0.2) is 0 Å². The van der Waals surface area contributed by atoms with Crippen molar-refractivity contribution in [3.63, 3.8) is 0 Å². The molecule has 0 spiro atoms. The first-order valence-electron chi connectivity index (χ1n) is 9.64. The van der Waals surface area contributed by atoms with Gasteiger partial charge >= 0.3 is 0 Å². The fraction of sp³-hybridized carbons (Fsp3) is 0.450. The van der Waals surface area contributed by atoms with E-state index in [4.69, 9.17) is 23.2 Å². The second kappa shape index (κ2) is 8.13. The summed E-state index contributed by atoms with van der Waals surface area (Å²) in [6, 6.07) is 7.08. The van der Waals surface area contributed by atoms with Crippen molar-refractivity contribution in [2.24, 2.45) is 0 Å². The van der Waals surface area contributed by atoms with E-state index in [1.807, 2.05) is 0 Å². The minimum absolute atomic E-state index is 0.175. The molecule has 1 aliphatic heterocycles. The highest BCUT2D eigenvalue weighted by atomic mass is 35.5. The fourth-order valence-electron chi connectivity index (χ4n) is 3.88. The Kier molecular flexibility index (Phi) is 5.60. The fourth-order valence-corrected chi connectivity index (χ4v) is 4.40. The van der Waals surface area contributed by atoms with Gasteiger partial charge in [0.2, 0.25) is 0 Å². The van der Waals surface area contributed by atoms with Crippen LogP contribution in [0.5, 0.6) is 0 Å². The van der Waals surface area contributed by atoms with E-state index in [9.17, 15) is 9.59 Å². The molecule has 0 unspecified atom stereocenters. The quantitative estimate of drug-likeness (QED) is 0.814. The Morgan fingerprint density at radius 3 is 2.57 bits per heavy atom. The van der Waals surface area contributed by atoms with E-state index < -0.39 is 0 Å². The number of hydrogen-bond acceptors (Lipinski definition) is 3. The standard InChI is InChI=1S/C20H22Cl2N4O2/c21-15-7-4-8-16(22)14(15)12-25-9-10-26-18(20(25)28)11-17(24-26)19(27)23-13-5-2-1-3-6-13/h4,7-8,11,13H,1-3,5-6,9-10,12H2,(H,23,27). The van der Waals surface area contributed by atoms with E-state index in [2.05, 4.69) is 10.4 Å². The van der Waals surface area contributed by atoms with E-state index in [0.29, 0.717) is 41.1 Å². The average molecular weight is 421 g/mol. The Morgan fingerprint density at radius 2 is 1.86 bits per heavy atom. The molecule has 1 aromatic carbocycles. The Hall–Kier alpha value is -2.05. The molecule has 1 aromatic heterocycles. The Labute approximate surface area is 173 Å². The molecule has 28 heavy (non-hydrogen) atoms. The summed E-state index contributed by atoms with van der Waals surface area (Å²) in [7, 11) is 0. The largest absolute Gasteiger partial charge is 0.348 e. The Morgan fingerprint density at radius 1 is 1.14 bits per heavy atom. The molecule has 0 bridgehead atoms. The maximum Gasteiger partial charge on any atom is 0.272 e. The molecule has 8 heteroatoms. The van der Waals surface area contributed by atoms with Gasteiger partial charge in [0, 0.05) is 40.8 Å². The molecule has 4 rings (SSSR count). The normalized spacial score (nSPS) is 17.5. The lowest BCUT2D eigenvalue weighted by Crippen LogP contribution is -2.40. The summed E-state index contributed by atoms with van der Waals surface area (Å²) < 4.78 is 1.61. The van der Waals surface area contributed by atoms with E-state index >= 15 is 0 Å². The monoisotopic (exact) mass is 420 g/mol. The first-order valence-corrected chi connectivity index (χ1v) is 10.4. The number of fused-ring (bicyclic) bond motifs is 1. The number of halogens is 2. The minimum Gasteiger partial charge on any atom is -0.348 e. The van der Waals surface area contributed by atoms with Crippen LogP contribution < -0.4 is 5.32 Å². The van der Waals surface area contributed by atoms with Crippen LogP contribution in [-0.2, 0) is 13.1 Å². The number of nitrogens with zero attached hydrogens (tertiary/aromatic N) is 3. The maximum absolute atomic E-state index is 12.9. The van der Waals surface area contributed by atoms with Gasteiger partial charge in [-0.15, -0.1) is 0 Å². The summed E-state index contributed by atoms with van der Waals surface area (Å²) in [4.78, 5) is 27.2. The van der Waals surface area contributed by atoms with Crippen molar-refractivity contribution in [3.8, 4) is 0 Å². The lowest BCUT2D eigenvalue weighted by molar-refractivity contribution is 0.0683. The molecular weight excluding hydrogens is 399 g/mol. The zero-order valence-electron chi connectivity index (χ0n) is 15.5. The van der Waals surface area contributed by atoms with Gasteiger partial charge in [0.1, 0.15) is 5.69 Å². The Balaban J connectivity index is 1.48. The number of benzene rings is 1. The molecule has 0 radical (unpaired) electrons. The molecule has 1 N–H and O–H groups in total. The summed E-state index contributed by atoms with van der Waals surface area (Å²) in [6.45, 7) is 1.34. The van der Waals surface area contributed by atoms with Crippen molar-refractivity contribution in [1.82, 2.24) is 20.0 Å². The number of nitrogens with one attached hydrogen (secondary N) is 1. The van der Waals surface area contributed by atoms with Crippen molar-refractivity contribution in [1.29, 1.82) is 0 Å². The molecule has 1 saturated carbocycles. The van der Waals surface area contributed by atoms with Crippen LogP contribution in [-0.4, -0.2) is 39.1 Å². The molecule has 2 heterocycles. The predicted molar refractivity (Wildman–Crippen MR) is 108 cm³/mol. The highest BCUT2D eigenvalue weighted by Gasteiger charge is 2.29. The van der Waals surface area contributed by atoms with Crippen molar-refractivity contribution < 1.29 is 9.59 Å². The summed E-state index contributed by atoms with van der Waals surface area (Å²) in [6.07, 6.45) is 5.52. The van der Waals surface area contributed by atoms with Crippen LogP contribution in [0.2, 0.25) is 10.0 Å². The van der Waals surface area contributed by atoms with Crippen LogP contribution in [0, 0.1) is 0 Å². The number of carbonyl (C=O) groups excluding carboxylic acids is 2. The minimum atomic E-state index is -0.206. The third-order valence-electron chi connectivity index (χ3n) is 5.45. The molecule has 0 saturated heterocycles. The molecule has 2 aliphatic rings. The summed E-state index contributed by atoms with van der Waals surface area (Å²) in [5.41, 5.74) is 1.44. The smallest absolute Gasteiger partial charge is 0.272 e. The van der Waals surface area contributed by atoms with Gasteiger partial charge in [-0.05, 0) is 25.0 Å². The van der Waals surface area contributed by atoms with Gasteiger partial charge in [0.15, 0.2) is 5.69 Å². The zero-order valence-corrected chi connectivity index (χ0v) is 17.0. The molecule has 1 fully saturated rings. The summed E-state index contributed by atoms with van der Waals surface area (Å²) in [5.74, 6) is -0.381. The van der Waals surface area contributed by atoms with Gasteiger partial charge in [0.25, 0.3) is 11.8 Å². The Bertz CT molecular complexity index is 885. The third-order valence-corrected chi connectivity index (χ3v) is 6.16. The van der Waals surface area contributed by atoms with Crippen LogP contribution in [0.1, 0.15) is 58.6 Å². The SMILES string of the molecule is O=C(NC1CCCCC1)c1cc2n(n1)CCN(Cc1c(Cl)cccc1Cl)C2=O. The molecule has 2 amide bonds. The summed E-state index contributed by atoms with van der Waals surface area (Å²) >= 11 is 12.5. The molecule has 0 atom stereocenters. The van der Waals surface area contributed by atoms with Crippen LogP contribution in [0.15, 0.2) is 24.3 Å². The summed E-state index contributed by atoms with van der Waals surface area (Å²) in [5, 5.41) is 8.47. The van der Waals surface area contributed by atoms with E-state index in [-0.39, 0.29) is 17.9 Å².